The largest absolute Gasteiger partial charge is 0.459 e. The van der Waals surface area contributed by atoms with Gasteiger partial charge in [-0.3, -0.25) is 4.79 Å². The van der Waals surface area contributed by atoms with Crippen LogP contribution in [0.3, 0.4) is 0 Å². The molecule has 0 radical (unpaired) electrons. The number of esters is 1. The van der Waals surface area contributed by atoms with Crippen LogP contribution in [0.1, 0.15) is 27.2 Å². The SMILES string of the molecule is CC(C)(C)OC(=O)[C@H]1NCC[C@@H]1O. The number of carbonyl (C=O) groups excluding carboxylic acids is 1. The van der Waals surface area contributed by atoms with E-state index in [9.17, 15) is 9.90 Å². The van der Waals surface area contributed by atoms with Crippen LogP contribution < -0.4 is 5.32 Å². The van der Waals surface area contributed by atoms with E-state index >= 15 is 0 Å². The molecule has 1 saturated heterocycles. The van der Waals surface area contributed by atoms with Crippen molar-refractivity contribution in [2.75, 3.05) is 6.54 Å². The summed E-state index contributed by atoms with van der Waals surface area (Å²) in [6.07, 6.45) is 0.0130. The minimum atomic E-state index is -0.602. The zero-order chi connectivity index (χ0) is 10.1. The summed E-state index contributed by atoms with van der Waals surface area (Å²) in [5.74, 6) is -0.363. The molecular weight excluding hydrogens is 170 g/mol. The highest BCUT2D eigenvalue weighted by molar-refractivity contribution is 5.77. The molecule has 76 valence electrons. The smallest absolute Gasteiger partial charge is 0.326 e. The molecule has 2 N–H and O–H groups in total. The van der Waals surface area contributed by atoms with Crippen LogP contribution in [-0.4, -0.2) is 35.4 Å². The van der Waals surface area contributed by atoms with Crippen molar-refractivity contribution in [1.82, 2.24) is 5.32 Å². The third kappa shape index (κ3) is 2.97. The Morgan fingerprint density at radius 3 is 2.54 bits per heavy atom. The van der Waals surface area contributed by atoms with Gasteiger partial charge in [0, 0.05) is 0 Å². The molecule has 2 atom stereocenters. The molecule has 4 nitrogen and oxygen atoms in total. The lowest BCUT2D eigenvalue weighted by Crippen LogP contribution is -2.42. The minimum absolute atomic E-state index is 0.363. The van der Waals surface area contributed by atoms with Crippen LogP contribution in [0.15, 0.2) is 0 Å². The number of nitrogens with one attached hydrogen (secondary N) is 1. The molecule has 0 bridgehead atoms. The number of carbonyl (C=O) groups is 1. The Balaban J connectivity index is 2.48. The molecule has 0 aliphatic carbocycles. The number of aliphatic hydroxyl groups excluding tert-OH is 1. The molecule has 0 amide bonds. The molecular formula is C9H17NO3. The van der Waals surface area contributed by atoms with E-state index in [4.69, 9.17) is 4.74 Å². The number of aliphatic hydroxyl groups is 1. The van der Waals surface area contributed by atoms with Crippen molar-refractivity contribution in [2.45, 2.75) is 44.9 Å². The van der Waals surface area contributed by atoms with Gasteiger partial charge in [-0.1, -0.05) is 0 Å². The second kappa shape index (κ2) is 3.64. The summed E-state index contributed by atoms with van der Waals surface area (Å²) in [5, 5.41) is 12.3. The predicted molar refractivity (Wildman–Crippen MR) is 48.3 cm³/mol. The first kappa shape index (κ1) is 10.5. The quantitative estimate of drug-likeness (QED) is 0.569. The topological polar surface area (TPSA) is 58.6 Å². The third-order valence-electron chi connectivity index (χ3n) is 1.85. The summed E-state index contributed by atoms with van der Waals surface area (Å²) < 4.78 is 5.13. The van der Waals surface area contributed by atoms with Gasteiger partial charge in [0.15, 0.2) is 0 Å². The fourth-order valence-electron chi connectivity index (χ4n) is 1.30. The molecule has 1 heterocycles. The number of hydrogen-bond donors (Lipinski definition) is 2. The van der Waals surface area contributed by atoms with E-state index in [0.717, 1.165) is 0 Å². The molecule has 0 saturated carbocycles. The van der Waals surface area contributed by atoms with E-state index in [1.54, 1.807) is 0 Å². The van der Waals surface area contributed by atoms with Crippen LogP contribution in [0, 0.1) is 0 Å². The minimum Gasteiger partial charge on any atom is -0.459 e. The second-order valence-corrected chi connectivity index (χ2v) is 4.32. The highest BCUT2D eigenvalue weighted by Gasteiger charge is 2.34. The van der Waals surface area contributed by atoms with Gasteiger partial charge in [-0.05, 0) is 33.7 Å². The van der Waals surface area contributed by atoms with Crippen molar-refractivity contribution in [3.05, 3.63) is 0 Å². The van der Waals surface area contributed by atoms with E-state index in [-0.39, 0.29) is 5.97 Å². The van der Waals surface area contributed by atoms with Crippen molar-refractivity contribution in [1.29, 1.82) is 0 Å². The van der Waals surface area contributed by atoms with Gasteiger partial charge in [-0.25, -0.2) is 0 Å². The Hall–Kier alpha value is -0.610. The van der Waals surface area contributed by atoms with Gasteiger partial charge in [-0.2, -0.15) is 0 Å². The molecule has 1 fully saturated rings. The average molecular weight is 187 g/mol. The molecule has 4 heteroatoms. The zero-order valence-electron chi connectivity index (χ0n) is 8.33. The fourth-order valence-corrected chi connectivity index (χ4v) is 1.30. The van der Waals surface area contributed by atoms with Crippen LogP contribution >= 0.6 is 0 Å². The van der Waals surface area contributed by atoms with Crippen molar-refractivity contribution in [2.24, 2.45) is 0 Å². The summed E-state index contributed by atoms with van der Waals surface area (Å²) in [6.45, 7) is 6.11. The standard InChI is InChI=1S/C9H17NO3/c1-9(2,3)13-8(12)7-6(11)4-5-10-7/h6-7,10-11H,4-5H2,1-3H3/t6-,7-/m0/s1. The summed E-state index contributed by atoms with van der Waals surface area (Å²) in [7, 11) is 0. The van der Waals surface area contributed by atoms with Crippen LogP contribution in [0.2, 0.25) is 0 Å². The van der Waals surface area contributed by atoms with Gasteiger partial charge in [0.25, 0.3) is 0 Å². The van der Waals surface area contributed by atoms with E-state index in [0.29, 0.717) is 13.0 Å². The Kier molecular flexibility index (Phi) is 2.93. The molecule has 13 heavy (non-hydrogen) atoms. The lowest BCUT2D eigenvalue weighted by atomic mass is 10.1. The Bertz CT molecular complexity index is 198. The molecule has 0 aromatic carbocycles. The van der Waals surface area contributed by atoms with Crippen molar-refractivity contribution < 1.29 is 14.6 Å². The molecule has 0 aromatic rings. The molecule has 0 aromatic heterocycles. The lowest BCUT2D eigenvalue weighted by Gasteiger charge is -2.23. The van der Waals surface area contributed by atoms with Gasteiger partial charge >= 0.3 is 5.97 Å². The van der Waals surface area contributed by atoms with Gasteiger partial charge < -0.3 is 15.2 Å². The van der Waals surface area contributed by atoms with Crippen LogP contribution in [-0.2, 0) is 9.53 Å². The highest BCUT2D eigenvalue weighted by Crippen LogP contribution is 2.13. The Morgan fingerprint density at radius 2 is 2.15 bits per heavy atom. The maximum Gasteiger partial charge on any atom is 0.326 e. The first-order valence-electron chi connectivity index (χ1n) is 4.54. The first-order valence-corrected chi connectivity index (χ1v) is 4.54. The van der Waals surface area contributed by atoms with E-state index in [1.165, 1.54) is 0 Å². The van der Waals surface area contributed by atoms with Gasteiger partial charge in [0.05, 0.1) is 6.10 Å². The Morgan fingerprint density at radius 1 is 1.54 bits per heavy atom. The summed E-state index contributed by atoms with van der Waals surface area (Å²) in [6, 6.07) is -0.542. The molecule has 1 aliphatic heterocycles. The fraction of sp³-hybridized carbons (Fsp3) is 0.889. The normalized spacial score (nSPS) is 28.9. The van der Waals surface area contributed by atoms with E-state index < -0.39 is 17.7 Å². The number of hydrogen-bond acceptors (Lipinski definition) is 4. The average Bonchev–Trinajstić information content (AvgIpc) is 2.30. The van der Waals surface area contributed by atoms with E-state index in [1.807, 2.05) is 20.8 Å². The second-order valence-electron chi connectivity index (χ2n) is 4.32. The van der Waals surface area contributed by atoms with Gasteiger partial charge in [0.1, 0.15) is 11.6 Å². The molecule has 0 spiro atoms. The zero-order valence-corrected chi connectivity index (χ0v) is 8.33. The maximum absolute atomic E-state index is 11.4. The molecule has 0 unspecified atom stereocenters. The Labute approximate surface area is 78.3 Å². The summed E-state index contributed by atoms with van der Waals surface area (Å²) in [5.41, 5.74) is -0.485. The lowest BCUT2D eigenvalue weighted by molar-refractivity contribution is -0.159. The van der Waals surface area contributed by atoms with Gasteiger partial charge in [-0.15, -0.1) is 0 Å². The van der Waals surface area contributed by atoms with Crippen LogP contribution in [0.5, 0.6) is 0 Å². The van der Waals surface area contributed by atoms with Crippen molar-refractivity contribution in [3.63, 3.8) is 0 Å². The highest BCUT2D eigenvalue weighted by atomic mass is 16.6. The number of ether oxygens (including phenoxy) is 1. The first-order chi connectivity index (χ1) is 5.90. The van der Waals surface area contributed by atoms with Crippen molar-refractivity contribution >= 4 is 5.97 Å². The molecule has 1 aliphatic rings. The van der Waals surface area contributed by atoms with Crippen molar-refractivity contribution in [3.8, 4) is 0 Å². The monoisotopic (exact) mass is 187 g/mol. The van der Waals surface area contributed by atoms with Crippen LogP contribution in [0.4, 0.5) is 0 Å². The summed E-state index contributed by atoms with van der Waals surface area (Å²) in [4.78, 5) is 11.4. The molecule has 1 rings (SSSR count). The number of rotatable bonds is 1. The van der Waals surface area contributed by atoms with Crippen LogP contribution in [0.25, 0.3) is 0 Å². The maximum atomic E-state index is 11.4. The summed E-state index contributed by atoms with van der Waals surface area (Å²) >= 11 is 0. The third-order valence-corrected chi connectivity index (χ3v) is 1.85. The predicted octanol–water partition coefficient (Wildman–Crippen LogP) is 0.0509. The van der Waals surface area contributed by atoms with E-state index in [2.05, 4.69) is 5.32 Å². The van der Waals surface area contributed by atoms with Gasteiger partial charge in [0.2, 0.25) is 0 Å².